The van der Waals surface area contributed by atoms with Gasteiger partial charge in [0, 0.05) is 101 Å². The maximum absolute atomic E-state index is 6.58. The number of rotatable bonds is 11. The molecule has 0 atom stereocenters. The Labute approximate surface area is 704 Å². The highest BCUT2D eigenvalue weighted by atomic mass is 79.9. The molecule has 0 radical (unpaired) electrons. The first-order chi connectivity index (χ1) is 56.7. The monoisotopic (exact) mass is 1700 g/mol. The van der Waals surface area contributed by atoms with Crippen molar-refractivity contribution in [3.05, 3.63) is 424 Å². The molecule has 2 aromatic heterocycles. The van der Waals surface area contributed by atoms with E-state index in [-0.39, 0.29) is 10.8 Å². The van der Waals surface area contributed by atoms with Crippen molar-refractivity contribution < 1.29 is 4.42 Å². The van der Waals surface area contributed by atoms with Crippen molar-refractivity contribution in [1.82, 2.24) is 0 Å². The van der Waals surface area contributed by atoms with E-state index < -0.39 is 0 Å². The summed E-state index contributed by atoms with van der Waals surface area (Å²) in [5.74, 6) is 0. The first-order valence-electron chi connectivity index (χ1n) is 39.3. The van der Waals surface area contributed by atoms with Crippen molar-refractivity contribution >= 4 is 185 Å². The predicted octanol–water partition coefficient (Wildman–Crippen LogP) is 33.4. The second kappa shape index (κ2) is 29.8. The van der Waals surface area contributed by atoms with E-state index in [0.717, 1.165) is 86.5 Å². The van der Waals surface area contributed by atoms with Crippen LogP contribution in [0.25, 0.3) is 119 Å². The molecule has 2 aliphatic rings. The average molecular weight is 1700 g/mol. The van der Waals surface area contributed by atoms with Crippen molar-refractivity contribution in [2.24, 2.45) is 0 Å². The first-order valence-corrected chi connectivity index (χ1v) is 42.5. The third-order valence-corrected chi connectivity index (χ3v) is 26.1. The minimum absolute atomic E-state index is 0.0707. The highest BCUT2D eigenvalue weighted by Crippen LogP contribution is 2.59. The van der Waals surface area contributed by atoms with E-state index in [9.17, 15) is 0 Å². The smallest absolute Gasteiger partial charge is 0.159 e. The van der Waals surface area contributed by atoms with Gasteiger partial charge in [0.05, 0.1) is 11.4 Å². The minimum Gasteiger partial charge on any atom is -0.454 e. The van der Waals surface area contributed by atoms with Crippen LogP contribution in [0.4, 0.5) is 51.2 Å². The highest BCUT2D eigenvalue weighted by molar-refractivity contribution is 9.11. The van der Waals surface area contributed by atoms with Crippen molar-refractivity contribution in [2.75, 3.05) is 14.7 Å². The highest BCUT2D eigenvalue weighted by Gasteiger charge is 2.41. The number of nitrogens with zero attached hydrogens (tertiary/aromatic N) is 3. The van der Waals surface area contributed by atoms with Gasteiger partial charge < -0.3 is 19.1 Å². The summed E-state index contributed by atoms with van der Waals surface area (Å²) in [6, 6.07) is 140. The van der Waals surface area contributed by atoms with Crippen LogP contribution in [0.5, 0.6) is 0 Å². The van der Waals surface area contributed by atoms with Crippen molar-refractivity contribution in [2.45, 2.75) is 38.5 Å². The minimum atomic E-state index is -0.209. The number of fused-ring (bicyclic) bond motifs is 16. The van der Waals surface area contributed by atoms with Crippen LogP contribution in [0.3, 0.4) is 0 Å². The summed E-state index contributed by atoms with van der Waals surface area (Å²) < 4.78 is 12.5. The summed E-state index contributed by atoms with van der Waals surface area (Å²) in [7, 11) is 0. The maximum atomic E-state index is 6.58. The summed E-state index contributed by atoms with van der Waals surface area (Å²) in [5, 5.41) is 12.4. The first kappa shape index (κ1) is 72.6. The van der Waals surface area contributed by atoms with Crippen LogP contribution in [0, 0.1) is 0 Å². The average Bonchev–Trinajstić information content (AvgIpc) is 1.54. The van der Waals surface area contributed by atoms with Gasteiger partial charge in [0.25, 0.3) is 0 Å². The Balaban J connectivity index is 0.000000113. The van der Waals surface area contributed by atoms with E-state index >= 15 is 0 Å². The molecule has 0 saturated carbocycles. The predicted molar refractivity (Wildman–Crippen MR) is 505 cm³/mol. The zero-order valence-electron chi connectivity index (χ0n) is 64.2. The maximum Gasteiger partial charge on any atom is 0.159 e. The molecule has 4 nitrogen and oxygen atoms in total. The van der Waals surface area contributed by atoms with Gasteiger partial charge >= 0.3 is 0 Å². The molecule has 0 unspecified atom stereocenters. The number of para-hydroxylation sites is 5. The topological polar surface area (TPSA) is 22.9 Å². The lowest BCUT2D eigenvalue weighted by Crippen LogP contribution is -2.20. The molecule has 22 rings (SSSR count). The standard InChI is InChI=1S/C38H24BrNS.C37H26BrNO.C33H26BrN/c39-31-15-12-28-20-27(10-11-29(28)21-31)30-14-18-35-36-19-17-34(24-38(36)41-37(35)23-30)40(32-8-2-1-3-9-32)33-16-13-25-6-4-5-7-26(25)22-33;1-37(2)30-20-19-23-11-6-7-14-26(23)34(30)29-21-24(38)22-32(35(29)37)39(25-12-4-3-5-13-25)31-17-10-16-28-27-15-8-9-18-33(27)40-36(28)31;1-33(2)29-19-10-9-18-28(29)32-30(33)21-27(22-31(32)34)35(25-15-7-4-8-16-25)26-17-11-14-24(20-26)23-12-5-3-6-13-23/h1-24H;3-22H,1-2H3;3-22H,1-2H3. The quantitative estimate of drug-likeness (QED) is 0.129. The fourth-order valence-corrected chi connectivity index (χ4v) is 20.6. The number of halogens is 3. The molecule has 0 saturated heterocycles. The van der Waals surface area contributed by atoms with E-state index in [1.807, 2.05) is 23.5 Å². The SMILES string of the molecule is Brc1ccc2cc(-c3ccc4c(c3)sc3cc(N(c5ccccc5)c5ccc6ccccc6c5)ccc34)ccc2c1.CC1(C)c2ccc3ccccc3c2-c2cc(Br)cc(N(c3ccccc3)c3cccc4c3oc3ccccc34)c21.CC1(C)c2ccccc2-c2c(Br)cc(N(c3ccccc3)c3cccc(-c4ccccc4)c3)cc21. The Bertz CT molecular complexity index is 7220. The molecule has 2 heterocycles. The number of hydrogen-bond acceptors (Lipinski definition) is 5. The lowest BCUT2D eigenvalue weighted by Gasteiger charge is -2.32. The molecule has 20 aromatic rings. The van der Waals surface area contributed by atoms with Gasteiger partial charge in [-0.2, -0.15) is 0 Å². The van der Waals surface area contributed by atoms with Crippen LogP contribution in [0.2, 0.25) is 0 Å². The van der Waals surface area contributed by atoms with Gasteiger partial charge in [-0.15, -0.1) is 11.3 Å². The Morgan fingerprint density at radius 2 is 0.793 bits per heavy atom. The van der Waals surface area contributed by atoms with E-state index in [1.165, 1.54) is 119 Å². The third-order valence-electron chi connectivity index (χ3n) is 23.4. The van der Waals surface area contributed by atoms with Crippen LogP contribution in [0.15, 0.2) is 406 Å². The van der Waals surface area contributed by atoms with Crippen LogP contribution in [0.1, 0.15) is 49.9 Å². The second-order valence-electron chi connectivity index (χ2n) is 31.1. The molecule has 556 valence electrons. The molecule has 0 fully saturated rings. The molecule has 0 spiro atoms. The lowest BCUT2D eigenvalue weighted by molar-refractivity contribution is 0.659. The summed E-state index contributed by atoms with van der Waals surface area (Å²) >= 11 is 13.3. The van der Waals surface area contributed by atoms with Crippen molar-refractivity contribution in [3.8, 4) is 44.5 Å². The van der Waals surface area contributed by atoms with Gasteiger partial charge in [-0.3, -0.25) is 0 Å². The fraction of sp³-hybridized carbons (Fsp3) is 0.0556. The molecule has 8 heteroatoms. The van der Waals surface area contributed by atoms with Gasteiger partial charge in [0.2, 0.25) is 0 Å². The van der Waals surface area contributed by atoms with E-state index in [4.69, 9.17) is 4.42 Å². The van der Waals surface area contributed by atoms with E-state index in [2.05, 4.69) is 466 Å². The van der Waals surface area contributed by atoms with Gasteiger partial charge in [-0.05, 0) is 227 Å². The van der Waals surface area contributed by atoms with Crippen LogP contribution in [-0.2, 0) is 10.8 Å². The molecule has 0 amide bonds. The van der Waals surface area contributed by atoms with Crippen LogP contribution >= 0.6 is 59.1 Å². The Morgan fingerprint density at radius 3 is 1.56 bits per heavy atom. The lowest BCUT2D eigenvalue weighted by atomic mass is 9.81. The molecular formula is C108H76Br3N3OS. The molecule has 0 bridgehead atoms. The van der Waals surface area contributed by atoms with Crippen molar-refractivity contribution in [1.29, 1.82) is 0 Å². The molecule has 0 N–H and O–H groups in total. The Hall–Kier alpha value is -12.4. The van der Waals surface area contributed by atoms with Crippen LogP contribution in [-0.4, -0.2) is 0 Å². The Kier molecular flexibility index (Phi) is 18.6. The summed E-state index contributed by atoms with van der Waals surface area (Å²) in [6.07, 6.45) is 0. The Morgan fingerprint density at radius 1 is 0.267 bits per heavy atom. The van der Waals surface area contributed by atoms with E-state index in [0.29, 0.717) is 0 Å². The zero-order valence-corrected chi connectivity index (χ0v) is 69.8. The largest absolute Gasteiger partial charge is 0.454 e. The molecule has 116 heavy (non-hydrogen) atoms. The van der Waals surface area contributed by atoms with Gasteiger partial charge in [0.1, 0.15) is 5.58 Å². The zero-order chi connectivity index (χ0) is 78.3. The fourth-order valence-electron chi connectivity index (χ4n) is 17.9. The molecule has 0 aliphatic heterocycles. The molecule has 18 aromatic carbocycles. The number of anilines is 9. The van der Waals surface area contributed by atoms with Gasteiger partial charge in [-0.25, -0.2) is 0 Å². The van der Waals surface area contributed by atoms with Crippen LogP contribution < -0.4 is 14.7 Å². The third kappa shape index (κ3) is 13.0. The van der Waals surface area contributed by atoms with E-state index in [1.54, 1.807) is 0 Å². The number of thiophene rings is 1. The van der Waals surface area contributed by atoms with Crippen molar-refractivity contribution in [3.63, 3.8) is 0 Å². The number of hydrogen-bond donors (Lipinski definition) is 0. The summed E-state index contributed by atoms with van der Waals surface area (Å²) in [4.78, 5) is 7.09. The van der Waals surface area contributed by atoms with Gasteiger partial charge in [0.15, 0.2) is 5.58 Å². The number of furan rings is 1. The number of benzene rings is 18. The summed E-state index contributed by atoms with van der Waals surface area (Å²) in [6.45, 7) is 9.37. The normalized spacial score (nSPS) is 12.8. The van der Waals surface area contributed by atoms with Gasteiger partial charge in [-0.1, -0.05) is 330 Å². The molecular weight excluding hydrogens is 1630 g/mol. The molecule has 2 aliphatic carbocycles. The second-order valence-corrected chi connectivity index (χ2v) is 34.9. The summed E-state index contributed by atoms with van der Waals surface area (Å²) in [5.41, 5.74) is 27.2.